The van der Waals surface area contributed by atoms with Crippen LogP contribution in [0.15, 0.2) is 16.1 Å². The monoisotopic (exact) mass is 307 g/mol. The Bertz CT molecular complexity index is 645. The fourth-order valence-electron chi connectivity index (χ4n) is 3.50. The quantitative estimate of drug-likeness (QED) is 0.716. The maximum Gasteiger partial charge on any atom is 0.267 e. The molecule has 1 saturated heterocycles. The number of rotatable bonds is 1. The Hall–Kier alpha value is -1.34. The maximum atomic E-state index is 12.8. The van der Waals surface area contributed by atoms with E-state index in [9.17, 15) is 9.59 Å². The molecular weight excluding hydrogens is 290 g/mol. The summed E-state index contributed by atoms with van der Waals surface area (Å²) in [5.74, 6) is 0.669. The smallest absolute Gasteiger partial charge is 0.267 e. The van der Waals surface area contributed by atoms with Gasteiger partial charge in [0.1, 0.15) is 5.56 Å². The highest BCUT2D eigenvalue weighted by Crippen LogP contribution is 2.30. The van der Waals surface area contributed by atoms with Crippen LogP contribution in [0.2, 0.25) is 0 Å². The van der Waals surface area contributed by atoms with Crippen molar-refractivity contribution in [2.45, 2.75) is 43.1 Å². The molecule has 0 N–H and O–H groups in total. The predicted molar refractivity (Wildman–Crippen MR) is 77.6 cm³/mol. The molecular formula is C14H17N3O3S. The fourth-order valence-corrected chi connectivity index (χ4v) is 4.41. The van der Waals surface area contributed by atoms with E-state index in [2.05, 4.69) is 4.98 Å². The van der Waals surface area contributed by atoms with Crippen LogP contribution >= 0.6 is 11.8 Å². The molecule has 112 valence electrons. The molecule has 4 rings (SSSR count). The molecule has 2 fully saturated rings. The van der Waals surface area contributed by atoms with Crippen molar-refractivity contribution in [3.63, 3.8) is 0 Å². The lowest BCUT2D eigenvalue weighted by Crippen LogP contribution is -2.52. The van der Waals surface area contributed by atoms with Crippen LogP contribution in [0.4, 0.5) is 0 Å². The van der Waals surface area contributed by atoms with Gasteiger partial charge in [-0.3, -0.25) is 14.2 Å². The maximum absolute atomic E-state index is 12.8. The van der Waals surface area contributed by atoms with Crippen molar-refractivity contribution in [2.75, 3.05) is 18.9 Å². The van der Waals surface area contributed by atoms with E-state index in [0.29, 0.717) is 19.7 Å². The largest absolute Gasteiger partial charge is 0.374 e. The Morgan fingerprint density at radius 3 is 3.19 bits per heavy atom. The second-order valence-electron chi connectivity index (χ2n) is 5.67. The first-order valence-electron chi connectivity index (χ1n) is 7.41. The number of aromatic nitrogens is 2. The molecule has 0 spiro atoms. The van der Waals surface area contributed by atoms with Gasteiger partial charge in [-0.25, -0.2) is 4.98 Å². The van der Waals surface area contributed by atoms with E-state index in [-0.39, 0.29) is 29.2 Å². The van der Waals surface area contributed by atoms with Crippen molar-refractivity contribution in [3.8, 4) is 0 Å². The lowest BCUT2D eigenvalue weighted by atomic mass is 10.1. The van der Waals surface area contributed by atoms with Gasteiger partial charge in [0.2, 0.25) is 0 Å². The molecule has 2 atom stereocenters. The third-order valence-electron chi connectivity index (χ3n) is 4.53. The number of carbonyl (C=O) groups is 1. The Kier molecular flexibility index (Phi) is 3.26. The standard InChI is InChI=1S/C14H17N3O3S/c18-12(16-4-6-20-11-3-1-2-10(11)16)9-8-15-14-17(13(9)19)5-7-21-14/h8,10-11H,1-7H2/t10-,11-/m1/s1. The molecule has 0 aromatic carbocycles. The van der Waals surface area contributed by atoms with E-state index < -0.39 is 0 Å². The van der Waals surface area contributed by atoms with Crippen molar-refractivity contribution >= 4 is 17.7 Å². The number of amides is 1. The van der Waals surface area contributed by atoms with E-state index in [4.69, 9.17) is 4.74 Å². The number of hydrogen-bond donors (Lipinski definition) is 0. The van der Waals surface area contributed by atoms with Gasteiger partial charge in [0.05, 0.1) is 18.8 Å². The van der Waals surface area contributed by atoms with Crippen molar-refractivity contribution < 1.29 is 9.53 Å². The molecule has 1 saturated carbocycles. The summed E-state index contributed by atoms with van der Waals surface area (Å²) in [7, 11) is 0. The van der Waals surface area contributed by atoms with Crippen LogP contribution in [-0.2, 0) is 11.3 Å². The highest BCUT2D eigenvalue weighted by atomic mass is 32.2. The van der Waals surface area contributed by atoms with Crippen LogP contribution in [0.25, 0.3) is 0 Å². The summed E-state index contributed by atoms with van der Waals surface area (Å²) < 4.78 is 7.34. The van der Waals surface area contributed by atoms with Crippen molar-refractivity contribution in [1.82, 2.24) is 14.5 Å². The van der Waals surface area contributed by atoms with Gasteiger partial charge in [0.25, 0.3) is 11.5 Å². The minimum absolute atomic E-state index is 0.123. The zero-order valence-corrected chi connectivity index (χ0v) is 12.5. The summed E-state index contributed by atoms with van der Waals surface area (Å²) in [4.78, 5) is 31.3. The Morgan fingerprint density at radius 2 is 2.29 bits per heavy atom. The van der Waals surface area contributed by atoms with Gasteiger partial charge in [-0.1, -0.05) is 11.8 Å². The third kappa shape index (κ3) is 2.10. The third-order valence-corrected chi connectivity index (χ3v) is 5.50. The lowest BCUT2D eigenvalue weighted by Gasteiger charge is -2.37. The molecule has 0 bridgehead atoms. The second-order valence-corrected chi connectivity index (χ2v) is 6.73. The zero-order chi connectivity index (χ0) is 14.4. The van der Waals surface area contributed by atoms with Gasteiger partial charge < -0.3 is 9.64 Å². The van der Waals surface area contributed by atoms with Crippen LogP contribution in [0.1, 0.15) is 29.6 Å². The summed E-state index contributed by atoms with van der Waals surface area (Å²) >= 11 is 1.56. The van der Waals surface area contributed by atoms with Gasteiger partial charge in [-0.2, -0.15) is 0 Å². The van der Waals surface area contributed by atoms with Crippen LogP contribution in [0.3, 0.4) is 0 Å². The number of morpholine rings is 1. The number of fused-ring (bicyclic) bond motifs is 2. The van der Waals surface area contributed by atoms with Crippen molar-refractivity contribution in [1.29, 1.82) is 0 Å². The molecule has 1 aliphatic carbocycles. The minimum Gasteiger partial charge on any atom is -0.374 e. The molecule has 3 heterocycles. The van der Waals surface area contributed by atoms with Crippen LogP contribution in [-0.4, -0.2) is 51.4 Å². The molecule has 7 heteroatoms. The molecule has 1 amide bonds. The summed E-state index contributed by atoms with van der Waals surface area (Å²) in [5.41, 5.74) is 0.00448. The summed E-state index contributed by atoms with van der Waals surface area (Å²) in [6.07, 6.45) is 4.65. The fraction of sp³-hybridized carbons (Fsp3) is 0.643. The molecule has 2 aliphatic heterocycles. The van der Waals surface area contributed by atoms with E-state index >= 15 is 0 Å². The lowest BCUT2D eigenvalue weighted by molar-refractivity contribution is -0.0446. The first-order chi connectivity index (χ1) is 10.3. The first-order valence-corrected chi connectivity index (χ1v) is 8.39. The summed E-state index contributed by atoms with van der Waals surface area (Å²) in [6, 6.07) is 0.123. The van der Waals surface area contributed by atoms with Crippen LogP contribution < -0.4 is 5.56 Å². The number of carbonyl (C=O) groups excluding carboxylic acids is 1. The molecule has 3 aliphatic rings. The van der Waals surface area contributed by atoms with Gasteiger partial charge in [0.15, 0.2) is 5.16 Å². The average Bonchev–Trinajstić information content (AvgIpc) is 3.15. The molecule has 1 aromatic rings. The SMILES string of the molecule is O=C(c1cnc2n(c1=O)CCS2)N1CCO[C@@H]2CCC[C@H]21. The Labute approximate surface area is 126 Å². The minimum atomic E-state index is -0.198. The summed E-state index contributed by atoms with van der Waals surface area (Å²) in [6.45, 7) is 1.76. The topological polar surface area (TPSA) is 64.4 Å². The highest BCUT2D eigenvalue weighted by molar-refractivity contribution is 7.99. The van der Waals surface area contributed by atoms with Gasteiger partial charge in [-0.05, 0) is 19.3 Å². The zero-order valence-electron chi connectivity index (χ0n) is 11.7. The number of thioether (sulfide) groups is 1. The predicted octanol–water partition coefficient (Wildman–Crippen LogP) is 0.742. The number of hydrogen-bond acceptors (Lipinski definition) is 5. The van der Waals surface area contributed by atoms with Crippen LogP contribution in [0.5, 0.6) is 0 Å². The molecule has 0 radical (unpaired) electrons. The van der Waals surface area contributed by atoms with E-state index in [0.717, 1.165) is 30.2 Å². The normalized spacial score (nSPS) is 27.5. The molecule has 21 heavy (non-hydrogen) atoms. The van der Waals surface area contributed by atoms with Crippen molar-refractivity contribution in [2.24, 2.45) is 0 Å². The molecule has 1 aromatic heterocycles. The van der Waals surface area contributed by atoms with Crippen molar-refractivity contribution in [3.05, 3.63) is 22.1 Å². The van der Waals surface area contributed by atoms with Gasteiger partial charge in [-0.15, -0.1) is 0 Å². The Morgan fingerprint density at radius 1 is 1.38 bits per heavy atom. The van der Waals surface area contributed by atoms with Crippen LogP contribution in [0, 0.1) is 0 Å². The number of nitrogens with zero attached hydrogens (tertiary/aromatic N) is 3. The molecule has 6 nitrogen and oxygen atoms in total. The van der Waals surface area contributed by atoms with E-state index in [1.807, 2.05) is 4.90 Å². The highest BCUT2D eigenvalue weighted by Gasteiger charge is 2.39. The van der Waals surface area contributed by atoms with Gasteiger partial charge >= 0.3 is 0 Å². The number of ether oxygens (including phenoxy) is 1. The summed E-state index contributed by atoms with van der Waals surface area (Å²) in [5, 5.41) is 0.720. The van der Waals surface area contributed by atoms with E-state index in [1.165, 1.54) is 6.20 Å². The van der Waals surface area contributed by atoms with E-state index in [1.54, 1.807) is 16.3 Å². The molecule has 0 unspecified atom stereocenters. The first kappa shape index (κ1) is 13.3. The Balaban J connectivity index is 1.67. The van der Waals surface area contributed by atoms with Gasteiger partial charge in [0, 0.05) is 25.0 Å². The average molecular weight is 307 g/mol. The second kappa shape index (κ2) is 5.14.